The van der Waals surface area contributed by atoms with Gasteiger partial charge in [-0.1, -0.05) is 39.0 Å². The van der Waals surface area contributed by atoms with Gasteiger partial charge in [-0.25, -0.2) is 0 Å². The Labute approximate surface area is 110 Å². The molecule has 0 aliphatic heterocycles. The standard InChI is InChI=1S/C14H22BO3/c1-2-3-4-5-6-7-12-17-13-8-10-14(11-9-13)18-15-16/h8-11,16H,2-7,12H2,1H3. The van der Waals surface area contributed by atoms with E-state index >= 15 is 0 Å². The Balaban J connectivity index is 2.08. The molecule has 0 saturated heterocycles. The number of unbranched alkanes of at least 4 members (excludes halogenated alkanes) is 5. The second-order valence-corrected chi connectivity index (χ2v) is 4.31. The zero-order valence-electron chi connectivity index (χ0n) is 11.1. The quantitative estimate of drug-likeness (QED) is 0.510. The van der Waals surface area contributed by atoms with Crippen LogP contribution in [-0.2, 0) is 0 Å². The molecule has 18 heavy (non-hydrogen) atoms. The van der Waals surface area contributed by atoms with Gasteiger partial charge >= 0.3 is 7.69 Å². The largest absolute Gasteiger partial charge is 0.569 e. The first-order valence-electron chi connectivity index (χ1n) is 6.72. The van der Waals surface area contributed by atoms with Crippen LogP contribution in [0.5, 0.6) is 11.5 Å². The molecule has 99 valence electrons. The van der Waals surface area contributed by atoms with Crippen molar-refractivity contribution in [1.29, 1.82) is 0 Å². The lowest BCUT2D eigenvalue weighted by Gasteiger charge is -2.07. The second-order valence-electron chi connectivity index (χ2n) is 4.31. The Hall–Kier alpha value is -1.16. The molecule has 1 N–H and O–H groups in total. The van der Waals surface area contributed by atoms with Crippen molar-refractivity contribution < 1.29 is 14.4 Å². The molecule has 0 aromatic heterocycles. The molecular weight excluding hydrogens is 227 g/mol. The van der Waals surface area contributed by atoms with Crippen LogP contribution < -0.4 is 9.39 Å². The molecule has 4 heteroatoms. The fraction of sp³-hybridized carbons (Fsp3) is 0.571. The van der Waals surface area contributed by atoms with E-state index in [0.29, 0.717) is 13.4 Å². The van der Waals surface area contributed by atoms with Gasteiger partial charge in [0, 0.05) is 0 Å². The molecule has 1 aromatic carbocycles. The molecule has 3 nitrogen and oxygen atoms in total. The Bertz CT molecular complexity index is 300. The lowest BCUT2D eigenvalue weighted by molar-refractivity contribution is 0.304. The van der Waals surface area contributed by atoms with Crippen molar-refractivity contribution >= 4 is 7.69 Å². The van der Waals surface area contributed by atoms with E-state index in [4.69, 9.17) is 14.4 Å². The van der Waals surface area contributed by atoms with Crippen molar-refractivity contribution in [2.75, 3.05) is 6.61 Å². The normalized spacial score (nSPS) is 10.1. The van der Waals surface area contributed by atoms with Gasteiger partial charge in [-0.15, -0.1) is 0 Å². The summed E-state index contributed by atoms with van der Waals surface area (Å²) < 4.78 is 10.4. The average molecular weight is 249 g/mol. The molecule has 0 atom stereocenters. The lowest BCUT2D eigenvalue weighted by Crippen LogP contribution is -2.00. The van der Waals surface area contributed by atoms with Crippen LogP contribution in [0, 0.1) is 0 Å². The van der Waals surface area contributed by atoms with Crippen LogP contribution >= 0.6 is 0 Å². The van der Waals surface area contributed by atoms with Gasteiger partial charge in [0.2, 0.25) is 0 Å². The van der Waals surface area contributed by atoms with Crippen molar-refractivity contribution in [2.45, 2.75) is 45.4 Å². The zero-order valence-corrected chi connectivity index (χ0v) is 11.1. The van der Waals surface area contributed by atoms with Gasteiger partial charge in [0.25, 0.3) is 0 Å². The highest BCUT2D eigenvalue weighted by Crippen LogP contribution is 2.17. The molecule has 0 unspecified atom stereocenters. The Morgan fingerprint density at radius 2 is 1.56 bits per heavy atom. The van der Waals surface area contributed by atoms with Crippen LogP contribution in [0.1, 0.15) is 45.4 Å². The summed E-state index contributed by atoms with van der Waals surface area (Å²) in [5, 5.41) is 8.47. The summed E-state index contributed by atoms with van der Waals surface area (Å²) in [7, 11) is 0.673. The van der Waals surface area contributed by atoms with Gasteiger partial charge in [-0.2, -0.15) is 0 Å². The molecule has 1 radical (unpaired) electrons. The molecule has 0 heterocycles. The van der Waals surface area contributed by atoms with E-state index in [9.17, 15) is 0 Å². The summed E-state index contributed by atoms with van der Waals surface area (Å²) in [6, 6.07) is 7.22. The molecule has 0 spiro atoms. The maximum absolute atomic E-state index is 8.47. The Morgan fingerprint density at radius 1 is 0.944 bits per heavy atom. The van der Waals surface area contributed by atoms with Crippen LogP contribution in [0.25, 0.3) is 0 Å². The fourth-order valence-electron chi connectivity index (χ4n) is 1.75. The molecule has 0 aliphatic rings. The van der Waals surface area contributed by atoms with E-state index in [-0.39, 0.29) is 0 Å². The number of rotatable bonds is 10. The van der Waals surface area contributed by atoms with Gasteiger partial charge < -0.3 is 14.4 Å². The number of benzene rings is 1. The molecule has 0 fully saturated rings. The van der Waals surface area contributed by atoms with E-state index in [2.05, 4.69) is 6.92 Å². The van der Waals surface area contributed by atoms with E-state index in [1.807, 2.05) is 12.1 Å². The third-order valence-electron chi connectivity index (χ3n) is 2.78. The van der Waals surface area contributed by atoms with Crippen molar-refractivity contribution in [3.8, 4) is 11.5 Å². The summed E-state index contributed by atoms with van der Waals surface area (Å²) in [5.74, 6) is 1.44. The summed E-state index contributed by atoms with van der Waals surface area (Å²) in [5.41, 5.74) is 0. The average Bonchev–Trinajstić information content (AvgIpc) is 2.40. The van der Waals surface area contributed by atoms with E-state index < -0.39 is 0 Å². The van der Waals surface area contributed by atoms with E-state index in [1.165, 1.54) is 32.1 Å². The third kappa shape index (κ3) is 6.55. The summed E-state index contributed by atoms with van der Waals surface area (Å²) in [6.45, 7) is 2.99. The van der Waals surface area contributed by atoms with Gasteiger partial charge in [-0.05, 0) is 30.7 Å². The first-order chi connectivity index (χ1) is 8.86. The van der Waals surface area contributed by atoms with Crippen LogP contribution in [0.15, 0.2) is 24.3 Å². The van der Waals surface area contributed by atoms with Crippen LogP contribution in [0.4, 0.5) is 0 Å². The lowest BCUT2D eigenvalue weighted by atomic mass is 10.1. The number of hydrogen-bond donors (Lipinski definition) is 1. The SMILES string of the molecule is CCCCCCCCOc1ccc(O[B]O)cc1. The molecule has 0 saturated carbocycles. The molecule has 0 amide bonds. The number of hydrogen-bond acceptors (Lipinski definition) is 3. The predicted molar refractivity (Wildman–Crippen MR) is 73.9 cm³/mol. The highest BCUT2D eigenvalue weighted by Gasteiger charge is 1.97. The highest BCUT2D eigenvalue weighted by atomic mass is 16.5. The van der Waals surface area contributed by atoms with Gasteiger partial charge in [0.15, 0.2) is 0 Å². The maximum Gasteiger partial charge on any atom is 0.569 e. The Kier molecular flexibility index (Phi) is 8.14. The first-order valence-corrected chi connectivity index (χ1v) is 6.72. The molecule has 0 aliphatic carbocycles. The van der Waals surface area contributed by atoms with E-state index in [1.54, 1.807) is 12.1 Å². The van der Waals surface area contributed by atoms with Gasteiger partial charge in [0.05, 0.1) is 6.61 Å². The first kappa shape index (κ1) is 14.9. The maximum atomic E-state index is 8.47. The molecule has 0 bridgehead atoms. The third-order valence-corrected chi connectivity index (χ3v) is 2.78. The summed E-state index contributed by atoms with van der Waals surface area (Å²) in [4.78, 5) is 0. The van der Waals surface area contributed by atoms with Crippen molar-refractivity contribution in [1.82, 2.24) is 0 Å². The van der Waals surface area contributed by atoms with Gasteiger partial charge in [-0.3, -0.25) is 0 Å². The highest BCUT2D eigenvalue weighted by molar-refractivity contribution is 6.17. The summed E-state index contributed by atoms with van der Waals surface area (Å²) in [6.07, 6.45) is 7.60. The van der Waals surface area contributed by atoms with Crippen LogP contribution in [0.2, 0.25) is 0 Å². The minimum Gasteiger partial charge on any atom is -0.537 e. The van der Waals surface area contributed by atoms with Crippen LogP contribution in [0.3, 0.4) is 0 Å². The zero-order chi connectivity index (χ0) is 13.1. The van der Waals surface area contributed by atoms with Crippen LogP contribution in [-0.4, -0.2) is 19.3 Å². The minimum absolute atomic E-state index is 0.601. The second kappa shape index (κ2) is 9.83. The van der Waals surface area contributed by atoms with Crippen molar-refractivity contribution in [2.24, 2.45) is 0 Å². The monoisotopic (exact) mass is 249 g/mol. The van der Waals surface area contributed by atoms with Gasteiger partial charge in [0.1, 0.15) is 11.5 Å². The Morgan fingerprint density at radius 3 is 2.22 bits per heavy atom. The summed E-state index contributed by atoms with van der Waals surface area (Å²) >= 11 is 0. The number of ether oxygens (including phenoxy) is 1. The molecule has 1 aromatic rings. The smallest absolute Gasteiger partial charge is 0.537 e. The molecular formula is C14H22BO3. The van der Waals surface area contributed by atoms with E-state index in [0.717, 1.165) is 18.8 Å². The van der Waals surface area contributed by atoms with Crippen molar-refractivity contribution in [3.05, 3.63) is 24.3 Å². The topological polar surface area (TPSA) is 38.7 Å². The van der Waals surface area contributed by atoms with Crippen molar-refractivity contribution in [3.63, 3.8) is 0 Å². The fourth-order valence-corrected chi connectivity index (χ4v) is 1.75. The minimum atomic E-state index is 0.601. The molecule has 1 rings (SSSR count). The predicted octanol–water partition coefficient (Wildman–Crippen LogP) is 3.33.